The van der Waals surface area contributed by atoms with E-state index in [0.717, 1.165) is 5.56 Å². The normalized spacial score (nSPS) is 17.1. The monoisotopic (exact) mass is 472 g/mol. The van der Waals surface area contributed by atoms with Crippen LogP contribution in [0.3, 0.4) is 0 Å². The predicted molar refractivity (Wildman–Crippen MR) is 132 cm³/mol. The Morgan fingerprint density at radius 1 is 1.03 bits per heavy atom. The summed E-state index contributed by atoms with van der Waals surface area (Å²) in [5, 5.41) is 11.3. The first kappa shape index (κ1) is 24.0. The van der Waals surface area contributed by atoms with Gasteiger partial charge in [-0.05, 0) is 53.4 Å². The van der Waals surface area contributed by atoms with Gasteiger partial charge in [0.2, 0.25) is 0 Å². The number of ether oxygens (including phenoxy) is 2. The van der Waals surface area contributed by atoms with Crippen molar-refractivity contribution in [3.8, 4) is 11.5 Å². The number of aliphatic hydroxyl groups excluding tert-OH is 1. The van der Waals surface area contributed by atoms with Crippen LogP contribution in [0.1, 0.15) is 36.6 Å². The number of methoxy groups -OCH3 is 1. The highest BCUT2D eigenvalue weighted by molar-refractivity contribution is 6.46. The second-order valence-electron chi connectivity index (χ2n) is 8.79. The lowest BCUT2D eigenvalue weighted by Crippen LogP contribution is -2.29. The number of Topliss-reactive ketones (excluding diaryl/α,β-unsaturated/α-hetero) is 1. The van der Waals surface area contributed by atoms with Crippen LogP contribution in [-0.4, -0.2) is 40.4 Å². The Morgan fingerprint density at radius 3 is 2.40 bits per heavy atom. The van der Waals surface area contributed by atoms with E-state index in [-0.39, 0.29) is 17.9 Å². The zero-order valence-electron chi connectivity index (χ0n) is 20.0. The number of carbonyl (C=O) groups is 2. The zero-order chi connectivity index (χ0) is 24.9. The van der Waals surface area contributed by atoms with E-state index in [0.29, 0.717) is 35.2 Å². The van der Waals surface area contributed by atoms with Crippen molar-refractivity contribution in [3.05, 3.63) is 95.3 Å². The van der Waals surface area contributed by atoms with Crippen LogP contribution in [0.25, 0.3) is 5.76 Å². The van der Waals surface area contributed by atoms with Gasteiger partial charge in [-0.2, -0.15) is 0 Å². The van der Waals surface area contributed by atoms with Crippen LogP contribution in [-0.2, 0) is 16.1 Å². The van der Waals surface area contributed by atoms with Gasteiger partial charge in [-0.25, -0.2) is 0 Å². The summed E-state index contributed by atoms with van der Waals surface area (Å²) in [5.41, 5.74) is 1.96. The standard InChI is InChI=1S/C28H28N2O5/c1-18(2)17-35-23-6-4-5-21(15-23)26(31)24-25(20-11-13-29-14-12-20)30(28(33)27(24)32)16-19-7-9-22(34-3)10-8-19/h4-15,18,25,31H,16-17H2,1-3H3/b26-24-. The van der Waals surface area contributed by atoms with Crippen LogP contribution >= 0.6 is 0 Å². The van der Waals surface area contributed by atoms with Crippen LogP contribution in [0.4, 0.5) is 0 Å². The van der Waals surface area contributed by atoms with Crippen molar-refractivity contribution in [3.63, 3.8) is 0 Å². The summed E-state index contributed by atoms with van der Waals surface area (Å²) in [5.74, 6) is -0.0286. The Kier molecular flexibility index (Phi) is 7.15. The second kappa shape index (κ2) is 10.4. The van der Waals surface area contributed by atoms with E-state index < -0.39 is 17.7 Å². The van der Waals surface area contributed by atoms with Gasteiger partial charge in [0.1, 0.15) is 17.3 Å². The first-order valence-electron chi connectivity index (χ1n) is 11.4. The summed E-state index contributed by atoms with van der Waals surface area (Å²) in [4.78, 5) is 31.9. The number of pyridine rings is 1. The molecule has 4 rings (SSSR count). The zero-order valence-corrected chi connectivity index (χ0v) is 20.0. The molecule has 1 amide bonds. The lowest BCUT2D eigenvalue weighted by Gasteiger charge is -2.25. The molecule has 1 N–H and O–H groups in total. The van der Waals surface area contributed by atoms with Crippen molar-refractivity contribution in [1.29, 1.82) is 0 Å². The first-order valence-corrected chi connectivity index (χ1v) is 11.4. The Labute approximate surface area is 204 Å². The van der Waals surface area contributed by atoms with Gasteiger partial charge < -0.3 is 19.5 Å². The molecule has 0 spiro atoms. The van der Waals surface area contributed by atoms with Gasteiger partial charge in [0.25, 0.3) is 11.7 Å². The number of carbonyl (C=O) groups excluding carboxylic acids is 2. The number of hydrogen-bond donors (Lipinski definition) is 1. The lowest BCUT2D eigenvalue weighted by atomic mass is 9.95. The number of benzene rings is 2. The first-order chi connectivity index (χ1) is 16.9. The highest BCUT2D eigenvalue weighted by atomic mass is 16.5. The molecular weight excluding hydrogens is 444 g/mol. The van der Waals surface area contributed by atoms with Crippen LogP contribution in [0.5, 0.6) is 11.5 Å². The minimum Gasteiger partial charge on any atom is -0.507 e. The Bertz CT molecular complexity index is 1240. The fourth-order valence-corrected chi connectivity index (χ4v) is 4.01. The summed E-state index contributed by atoms with van der Waals surface area (Å²) in [6.45, 7) is 4.80. The third-order valence-corrected chi connectivity index (χ3v) is 5.76. The molecule has 0 bridgehead atoms. The van der Waals surface area contributed by atoms with Gasteiger partial charge in [-0.3, -0.25) is 14.6 Å². The summed E-state index contributed by atoms with van der Waals surface area (Å²) >= 11 is 0. The molecule has 1 aliphatic rings. The van der Waals surface area contributed by atoms with Gasteiger partial charge in [0.15, 0.2) is 0 Å². The quantitative estimate of drug-likeness (QED) is 0.289. The summed E-state index contributed by atoms with van der Waals surface area (Å²) in [6, 6.07) is 16.9. The van der Waals surface area contributed by atoms with Crippen LogP contribution in [0, 0.1) is 5.92 Å². The molecule has 0 radical (unpaired) electrons. The van der Waals surface area contributed by atoms with Crippen molar-refractivity contribution < 1.29 is 24.2 Å². The Balaban J connectivity index is 1.76. The third-order valence-electron chi connectivity index (χ3n) is 5.76. The fourth-order valence-electron chi connectivity index (χ4n) is 4.01. The number of hydrogen-bond acceptors (Lipinski definition) is 6. The minimum atomic E-state index is -0.764. The Morgan fingerprint density at radius 2 is 1.74 bits per heavy atom. The number of aromatic nitrogens is 1. The van der Waals surface area contributed by atoms with E-state index in [1.54, 1.807) is 68.0 Å². The molecule has 7 heteroatoms. The third kappa shape index (κ3) is 5.19. The molecule has 1 atom stereocenters. The maximum Gasteiger partial charge on any atom is 0.295 e. The molecule has 180 valence electrons. The molecule has 0 aliphatic carbocycles. The van der Waals surface area contributed by atoms with Crippen LogP contribution in [0.15, 0.2) is 78.6 Å². The van der Waals surface area contributed by atoms with Gasteiger partial charge in [-0.1, -0.05) is 38.1 Å². The number of rotatable bonds is 8. The van der Waals surface area contributed by atoms with Crippen molar-refractivity contribution in [2.24, 2.45) is 5.92 Å². The van der Waals surface area contributed by atoms with E-state index in [1.165, 1.54) is 4.90 Å². The van der Waals surface area contributed by atoms with Gasteiger partial charge >= 0.3 is 0 Å². The summed E-state index contributed by atoms with van der Waals surface area (Å²) in [6.07, 6.45) is 3.20. The number of amides is 1. The van der Waals surface area contributed by atoms with Gasteiger partial charge in [0, 0.05) is 24.5 Å². The lowest BCUT2D eigenvalue weighted by molar-refractivity contribution is -0.140. The number of likely N-dealkylation sites (tertiary alicyclic amines) is 1. The SMILES string of the molecule is COc1ccc(CN2C(=O)C(=O)/C(=C(\O)c3cccc(OCC(C)C)c3)C2c2ccncc2)cc1. The van der Waals surface area contributed by atoms with E-state index in [4.69, 9.17) is 9.47 Å². The molecule has 2 heterocycles. The summed E-state index contributed by atoms with van der Waals surface area (Å²) < 4.78 is 11.0. The highest BCUT2D eigenvalue weighted by Crippen LogP contribution is 2.40. The van der Waals surface area contributed by atoms with Gasteiger partial charge in [0.05, 0.1) is 25.3 Å². The molecule has 2 aromatic carbocycles. The highest BCUT2D eigenvalue weighted by Gasteiger charge is 2.46. The van der Waals surface area contributed by atoms with E-state index >= 15 is 0 Å². The second-order valence-corrected chi connectivity index (χ2v) is 8.79. The average molecular weight is 473 g/mol. The van der Waals surface area contributed by atoms with Crippen LogP contribution in [0.2, 0.25) is 0 Å². The van der Waals surface area contributed by atoms with Crippen LogP contribution < -0.4 is 9.47 Å². The van der Waals surface area contributed by atoms with Gasteiger partial charge in [-0.15, -0.1) is 0 Å². The average Bonchev–Trinajstić information content (AvgIpc) is 3.13. The summed E-state index contributed by atoms with van der Waals surface area (Å²) in [7, 11) is 1.58. The molecule has 35 heavy (non-hydrogen) atoms. The van der Waals surface area contributed by atoms with E-state index in [1.807, 2.05) is 26.0 Å². The fraction of sp³-hybridized carbons (Fsp3) is 0.250. The van der Waals surface area contributed by atoms with Crippen molar-refractivity contribution >= 4 is 17.4 Å². The molecule has 3 aromatic rings. The number of nitrogens with zero attached hydrogens (tertiary/aromatic N) is 2. The Hall–Kier alpha value is -4.13. The largest absolute Gasteiger partial charge is 0.507 e. The maximum atomic E-state index is 13.2. The number of ketones is 1. The van der Waals surface area contributed by atoms with Crippen molar-refractivity contribution in [1.82, 2.24) is 9.88 Å². The van der Waals surface area contributed by atoms with Crippen molar-refractivity contribution in [2.45, 2.75) is 26.4 Å². The molecule has 7 nitrogen and oxygen atoms in total. The molecule has 1 aliphatic heterocycles. The number of aliphatic hydroxyl groups is 1. The molecule has 0 saturated carbocycles. The molecule has 1 aromatic heterocycles. The molecular formula is C28H28N2O5. The van der Waals surface area contributed by atoms with E-state index in [2.05, 4.69) is 4.98 Å². The molecule has 1 unspecified atom stereocenters. The molecule has 1 fully saturated rings. The minimum absolute atomic E-state index is 0.0377. The topological polar surface area (TPSA) is 89.0 Å². The van der Waals surface area contributed by atoms with E-state index in [9.17, 15) is 14.7 Å². The predicted octanol–water partition coefficient (Wildman–Crippen LogP) is 4.75. The molecule has 1 saturated heterocycles. The smallest absolute Gasteiger partial charge is 0.295 e. The maximum absolute atomic E-state index is 13.2. The van der Waals surface area contributed by atoms with Crippen molar-refractivity contribution in [2.75, 3.05) is 13.7 Å².